The molecular weight excluding hydrogens is 188 g/mol. The summed E-state index contributed by atoms with van der Waals surface area (Å²) in [6, 6.07) is 0. The molecule has 3 nitrogen and oxygen atoms in total. The summed E-state index contributed by atoms with van der Waals surface area (Å²) >= 11 is 0. The summed E-state index contributed by atoms with van der Waals surface area (Å²) in [5.74, 6) is 0.919. The van der Waals surface area contributed by atoms with E-state index in [-0.39, 0.29) is 5.91 Å². The summed E-state index contributed by atoms with van der Waals surface area (Å²) in [6.07, 6.45) is 7.02. The predicted octanol–water partition coefficient (Wildman–Crippen LogP) is 1.41. The number of amides is 1. The summed E-state index contributed by atoms with van der Waals surface area (Å²) in [5.41, 5.74) is 0. The molecule has 1 aliphatic rings. The van der Waals surface area contributed by atoms with Crippen molar-refractivity contribution in [2.24, 2.45) is 5.92 Å². The molecule has 1 amide bonds. The lowest BCUT2D eigenvalue weighted by molar-refractivity contribution is -0.129. The Morgan fingerprint density at radius 2 is 2.20 bits per heavy atom. The second kappa shape index (κ2) is 6.62. The van der Waals surface area contributed by atoms with Gasteiger partial charge < -0.3 is 10.2 Å². The van der Waals surface area contributed by atoms with E-state index in [2.05, 4.69) is 11.9 Å². The fourth-order valence-corrected chi connectivity index (χ4v) is 2.10. The molecular formula is C12H22N2O. The molecule has 15 heavy (non-hydrogen) atoms. The standard InChI is InChI=1S/C12H22N2O/c1-3-8-13-9-12(15)14(2)10-11-6-4-5-7-11/h3,11,13H,1,4-10H2,2H3. The van der Waals surface area contributed by atoms with Gasteiger partial charge in [-0.3, -0.25) is 4.79 Å². The van der Waals surface area contributed by atoms with Gasteiger partial charge in [0.25, 0.3) is 0 Å². The molecule has 1 rings (SSSR count). The highest BCUT2D eigenvalue weighted by Gasteiger charge is 2.18. The Morgan fingerprint density at radius 3 is 2.80 bits per heavy atom. The maximum absolute atomic E-state index is 11.6. The molecule has 0 aromatic heterocycles. The lowest BCUT2D eigenvalue weighted by Crippen LogP contribution is -2.37. The van der Waals surface area contributed by atoms with E-state index in [0.717, 1.165) is 12.5 Å². The first-order valence-electron chi connectivity index (χ1n) is 5.79. The maximum atomic E-state index is 11.6. The minimum Gasteiger partial charge on any atom is -0.344 e. The van der Waals surface area contributed by atoms with Crippen LogP contribution in [0.4, 0.5) is 0 Å². The highest BCUT2D eigenvalue weighted by atomic mass is 16.2. The Kier molecular flexibility index (Phi) is 5.40. The van der Waals surface area contributed by atoms with Crippen LogP contribution in [0.15, 0.2) is 12.7 Å². The van der Waals surface area contributed by atoms with Crippen molar-refractivity contribution in [2.45, 2.75) is 25.7 Å². The van der Waals surface area contributed by atoms with Gasteiger partial charge in [-0.15, -0.1) is 6.58 Å². The highest BCUT2D eigenvalue weighted by molar-refractivity contribution is 5.77. The number of nitrogens with one attached hydrogen (secondary N) is 1. The first kappa shape index (κ1) is 12.2. The Balaban J connectivity index is 2.16. The van der Waals surface area contributed by atoms with E-state index in [4.69, 9.17) is 0 Å². The summed E-state index contributed by atoms with van der Waals surface area (Å²) in [5, 5.41) is 3.03. The van der Waals surface area contributed by atoms with Crippen molar-refractivity contribution in [1.82, 2.24) is 10.2 Å². The predicted molar refractivity (Wildman–Crippen MR) is 62.7 cm³/mol. The van der Waals surface area contributed by atoms with E-state index in [1.165, 1.54) is 25.7 Å². The summed E-state index contributed by atoms with van der Waals surface area (Å²) in [6.45, 7) is 5.65. The van der Waals surface area contributed by atoms with E-state index >= 15 is 0 Å². The molecule has 1 aliphatic carbocycles. The molecule has 0 aliphatic heterocycles. The van der Waals surface area contributed by atoms with Gasteiger partial charge in [-0.05, 0) is 18.8 Å². The molecule has 0 aromatic rings. The van der Waals surface area contributed by atoms with Crippen LogP contribution in [-0.2, 0) is 4.79 Å². The third-order valence-electron chi connectivity index (χ3n) is 3.00. The van der Waals surface area contributed by atoms with Crippen LogP contribution in [0.5, 0.6) is 0 Å². The van der Waals surface area contributed by atoms with Crippen LogP contribution in [0.2, 0.25) is 0 Å². The normalized spacial score (nSPS) is 16.6. The third-order valence-corrected chi connectivity index (χ3v) is 3.00. The van der Waals surface area contributed by atoms with Gasteiger partial charge in [0.15, 0.2) is 0 Å². The molecule has 1 saturated carbocycles. The maximum Gasteiger partial charge on any atom is 0.236 e. The topological polar surface area (TPSA) is 32.3 Å². The van der Waals surface area contributed by atoms with Crippen LogP contribution in [0.1, 0.15) is 25.7 Å². The van der Waals surface area contributed by atoms with E-state index in [1.807, 2.05) is 11.9 Å². The quantitative estimate of drug-likeness (QED) is 0.531. The van der Waals surface area contributed by atoms with Gasteiger partial charge in [-0.2, -0.15) is 0 Å². The van der Waals surface area contributed by atoms with Crippen LogP contribution < -0.4 is 5.32 Å². The molecule has 0 saturated heterocycles. The molecule has 0 bridgehead atoms. The Morgan fingerprint density at radius 1 is 1.53 bits per heavy atom. The average molecular weight is 210 g/mol. The van der Waals surface area contributed by atoms with Gasteiger partial charge in [-0.1, -0.05) is 18.9 Å². The zero-order chi connectivity index (χ0) is 11.1. The minimum atomic E-state index is 0.184. The summed E-state index contributed by atoms with van der Waals surface area (Å²) < 4.78 is 0. The molecule has 0 heterocycles. The first-order chi connectivity index (χ1) is 7.24. The number of rotatable bonds is 6. The van der Waals surface area contributed by atoms with E-state index in [9.17, 15) is 4.79 Å². The Hall–Kier alpha value is -0.830. The first-order valence-corrected chi connectivity index (χ1v) is 5.79. The fraction of sp³-hybridized carbons (Fsp3) is 0.750. The monoisotopic (exact) mass is 210 g/mol. The van der Waals surface area contributed by atoms with E-state index in [0.29, 0.717) is 13.1 Å². The van der Waals surface area contributed by atoms with Crippen molar-refractivity contribution in [3.05, 3.63) is 12.7 Å². The Bertz CT molecular complexity index is 210. The lowest BCUT2D eigenvalue weighted by Gasteiger charge is -2.21. The zero-order valence-electron chi connectivity index (χ0n) is 9.67. The van der Waals surface area contributed by atoms with Crippen LogP contribution in [0, 0.1) is 5.92 Å². The van der Waals surface area contributed by atoms with Gasteiger partial charge in [0.05, 0.1) is 6.54 Å². The number of carbonyl (C=O) groups is 1. The lowest BCUT2D eigenvalue weighted by atomic mass is 10.1. The van der Waals surface area contributed by atoms with Crippen molar-refractivity contribution in [3.8, 4) is 0 Å². The molecule has 0 atom stereocenters. The smallest absolute Gasteiger partial charge is 0.236 e. The van der Waals surface area contributed by atoms with Crippen molar-refractivity contribution < 1.29 is 4.79 Å². The zero-order valence-corrected chi connectivity index (χ0v) is 9.67. The van der Waals surface area contributed by atoms with Crippen molar-refractivity contribution in [2.75, 3.05) is 26.7 Å². The Labute approximate surface area is 92.5 Å². The largest absolute Gasteiger partial charge is 0.344 e. The molecule has 0 aromatic carbocycles. The average Bonchev–Trinajstić information content (AvgIpc) is 2.70. The van der Waals surface area contributed by atoms with Crippen molar-refractivity contribution in [3.63, 3.8) is 0 Å². The van der Waals surface area contributed by atoms with Gasteiger partial charge in [0.1, 0.15) is 0 Å². The van der Waals surface area contributed by atoms with Crippen LogP contribution >= 0.6 is 0 Å². The second-order valence-electron chi connectivity index (χ2n) is 4.34. The van der Waals surface area contributed by atoms with Crippen LogP contribution in [0.3, 0.4) is 0 Å². The number of hydrogen-bond acceptors (Lipinski definition) is 2. The number of carbonyl (C=O) groups excluding carboxylic acids is 1. The van der Waals surface area contributed by atoms with Gasteiger partial charge >= 0.3 is 0 Å². The highest BCUT2D eigenvalue weighted by Crippen LogP contribution is 2.24. The van der Waals surface area contributed by atoms with Gasteiger partial charge in [0.2, 0.25) is 5.91 Å². The number of nitrogens with zero attached hydrogens (tertiary/aromatic N) is 1. The second-order valence-corrected chi connectivity index (χ2v) is 4.34. The van der Waals surface area contributed by atoms with Gasteiger partial charge in [0, 0.05) is 20.1 Å². The molecule has 0 radical (unpaired) electrons. The summed E-state index contributed by atoms with van der Waals surface area (Å²) in [7, 11) is 1.90. The van der Waals surface area contributed by atoms with Gasteiger partial charge in [-0.25, -0.2) is 0 Å². The fourth-order valence-electron chi connectivity index (χ4n) is 2.10. The van der Waals surface area contributed by atoms with Crippen molar-refractivity contribution in [1.29, 1.82) is 0 Å². The number of likely N-dealkylation sites (N-methyl/N-ethyl adjacent to an activating group) is 1. The molecule has 3 heteroatoms. The molecule has 86 valence electrons. The number of hydrogen-bond donors (Lipinski definition) is 1. The SMILES string of the molecule is C=CCNCC(=O)N(C)CC1CCCC1. The van der Waals surface area contributed by atoms with Crippen LogP contribution in [0.25, 0.3) is 0 Å². The molecule has 0 spiro atoms. The van der Waals surface area contributed by atoms with E-state index in [1.54, 1.807) is 6.08 Å². The molecule has 1 N–H and O–H groups in total. The molecule has 1 fully saturated rings. The summed E-state index contributed by atoms with van der Waals surface area (Å²) in [4.78, 5) is 13.5. The van der Waals surface area contributed by atoms with Crippen LogP contribution in [-0.4, -0.2) is 37.5 Å². The van der Waals surface area contributed by atoms with E-state index < -0.39 is 0 Å². The molecule has 0 unspecified atom stereocenters. The minimum absolute atomic E-state index is 0.184. The van der Waals surface area contributed by atoms with Crippen molar-refractivity contribution >= 4 is 5.91 Å². The third kappa shape index (κ3) is 4.47.